The van der Waals surface area contributed by atoms with Gasteiger partial charge in [0.05, 0.1) is 19.3 Å². The fourth-order valence-corrected chi connectivity index (χ4v) is 4.64. The van der Waals surface area contributed by atoms with Crippen LogP contribution in [0.15, 0.2) is 24.3 Å². The van der Waals surface area contributed by atoms with Gasteiger partial charge in [0.15, 0.2) is 0 Å². The van der Waals surface area contributed by atoms with Crippen LogP contribution in [0.1, 0.15) is 45.1 Å². The zero-order valence-corrected chi connectivity index (χ0v) is 17.9. The van der Waals surface area contributed by atoms with Gasteiger partial charge in [0.1, 0.15) is 5.82 Å². The van der Waals surface area contributed by atoms with Crippen LogP contribution in [-0.4, -0.2) is 67.2 Å². The summed E-state index contributed by atoms with van der Waals surface area (Å²) in [6.07, 6.45) is 3.96. The molecule has 0 bridgehead atoms. The molecule has 2 saturated heterocycles. The van der Waals surface area contributed by atoms with E-state index in [0.29, 0.717) is 19.1 Å². The normalized spacial score (nSPS) is 20.7. The summed E-state index contributed by atoms with van der Waals surface area (Å²) in [5.74, 6) is 0.381. The molecule has 1 aromatic rings. The van der Waals surface area contributed by atoms with Crippen molar-refractivity contribution in [3.63, 3.8) is 0 Å². The zero-order valence-electron chi connectivity index (χ0n) is 17.9. The van der Waals surface area contributed by atoms with Crippen molar-refractivity contribution in [3.8, 4) is 0 Å². The van der Waals surface area contributed by atoms with Gasteiger partial charge in [0.2, 0.25) is 5.91 Å². The minimum Gasteiger partial charge on any atom is -0.379 e. The van der Waals surface area contributed by atoms with Crippen LogP contribution in [0, 0.1) is 11.7 Å². The van der Waals surface area contributed by atoms with Crippen LogP contribution in [0.4, 0.5) is 4.39 Å². The molecule has 0 aromatic heterocycles. The van der Waals surface area contributed by atoms with Gasteiger partial charge in [-0.05, 0) is 36.5 Å². The number of nitrogens with one attached hydrogen (secondary N) is 1. The van der Waals surface area contributed by atoms with Gasteiger partial charge in [-0.2, -0.15) is 0 Å². The van der Waals surface area contributed by atoms with Crippen molar-refractivity contribution in [2.75, 3.05) is 39.4 Å². The number of likely N-dealkylation sites (tertiary alicyclic amines) is 1. The van der Waals surface area contributed by atoms with Gasteiger partial charge in [-0.25, -0.2) is 4.39 Å². The average Bonchev–Trinajstić information content (AvgIpc) is 2.75. The molecule has 0 radical (unpaired) electrons. The second-order valence-corrected chi connectivity index (χ2v) is 8.36. The van der Waals surface area contributed by atoms with Gasteiger partial charge in [-0.3, -0.25) is 14.6 Å². The molecule has 1 aromatic carbocycles. The zero-order chi connectivity index (χ0) is 20.6. The van der Waals surface area contributed by atoms with E-state index >= 15 is 0 Å². The summed E-state index contributed by atoms with van der Waals surface area (Å²) >= 11 is 0. The smallest absolute Gasteiger partial charge is 0.237 e. The lowest BCUT2D eigenvalue weighted by Gasteiger charge is -2.39. The Hall–Kier alpha value is -1.50. The number of nitrogens with zero attached hydrogens (tertiary/aromatic N) is 2. The Morgan fingerprint density at radius 1 is 1.10 bits per heavy atom. The maximum absolute atomic E-state index is 13.2. The predicted molar refractivity (Wildman–Crippen MR) is 113 cm³/mol. The predicted octanol–water partition coefficient (Wildman–Crippen LogP) is 3.04. The lowest BCUT2D eigenvalue weighted by molar-refractivity contribution is -0.132. The highest BCUT2D eigenvalue weighted by Gasteiger charge is 2.34. The number of carbonyl (C=O) groups is 1. The van der Waals surface area contributed by atoms with E-state index < -0.39 is 0 Å². The van der Waals surface area contributed by atoms with Crippen molar-refractivity contribution >= 4 is 5.91 Å². The van der Waals surface area contributed by atoms with Gasteiger partial charge in [0.25, 0.3) is 0 Å². The number of amides is 1. The third kappa shape index (κ3) is 6.24. The molecule has 1 amide bonds. The topological polar surface area (TPSA) is 44.8 Å². The molecule has 0 spiro atoms. The van der Waals surface area contributed by atoms with E-state index in [-0.39, 0.29) is 23.8 Å². The molecular formula is C23H36FN3O2. The van der Waals surface area contributed by atoms with Gasteiger partial charge >= 0.3 is 0 Å². The number of piperidine rings is 1. The highest BCUT2D eigenvalue weighted by Crippen LogP contribution is 2.22. The number of benzene rings is 1. The van der Waals surface area contributed by atoms with E-state index in [1.54, 1.807) is 0 Å². The lowest BCUT2D eigenvalue weighted by atomic mass is 9.91. The standard InChI is InChI=1S/C23H36FN3O2/c1-3-19(4-2)22(27-13-15-29-16-14-27)23(28)25-21-9-11-26(12-10-21)17-18-5-7-20(24)8-6-18/h5-8,19,21-22H,3-4,9-17H2,1-2H3,(H,25,28)/t22-/m1/s1. The van der Waals surface area contributed by atoms with Crippen LogP contribution in [0.3, 0.4) is 0 Å². The van der Waals surface area contributed by atoms with Crippen molar-refractivity contribution in [2.24, 2.45) is 5.92 Å². The molecule has 0 unspecified atom stereocenters. The molecule has 162 valence electrons. The first-order valence-electron chi connectivity index (χ1n) is 11.2. The molecule has 0 aliphatic carbocycles. The monoisotopic (exact) mass is 405 g/mol. The minimum absolute atomic E-state index is 0.0499. The Morgan fingerprint density at radius 2 is 1.72 bits per heavy atom. The largest absolute Gasteiger partial charge is 0.379 e. The average molecular weight is 406 g/mol. The van der Waals surface area contributed by atoms with Crippen molar-refractivity contribution in [3.05, 3.63) is 35.6 Å². The Kier molecular flexibility index (Phi) is 8.45. The number of morpholine rings is 1. The molecule has 2 aliphatic heterocycles. The van der Waals surface area contributed by atoms with E-state index in [1.165, 1.54) is 12.1 Å². The van der Waals surface area contributed by atoms with Crippen molar-refractivity contribution in [2.45, 2.75) is 58.2 Å². The maximum Gasteiger partial charge on any atom is 0.237 e. The van der Waals surface area contributed by atoms with Crippen molar-refractivity contribution < 1.29 is 13.9 Å². The summed E-state index contributed by atoms with van der Waals surface area (Å²) in [6.45, 7) is 10.2. The van der Waals surface area contributed by atoms with E-state index in [0.717, 1.165) is 64.0 Å². The minimum atomic E-state index is -0.192. The fraction of sp³-hybridized carbons (Fsp3) is 0.696. The number of rotatable bonds is 8. The van der Waals surface area contributed by atoms with Gasteiger partial charge in [-0.1, -0.05) is 38.8 Å². The highest BCUT2D eigenvalue weighted by atomic mass is 19.1. The van der Waals surface area contributed by atoms with Crippen molar-refractivity contribution in [1.82, 2.24) is 15.1 Å². The Labute approximate surface area is 174 Å². The number of hydrogen-bond acceptors (Lipinski definition) is 4. The summed E-state index contributed by atoms with van der Waals surface area (Å²) < 4.78 is 18.6. The lowest BCUT2D eigenvalue weighted by Crippen LogP contribution is -2.57. The van der Waals surface area contributed by atoms with E-state index in [2.05, 4.69) is 29.0 Å². The van der Waals surface area contributed by atoms with Gasteiger partial charge < -0.3 is 10.1 Å². The first kappa shape index (κ1) is 22.2. The first-order valence-corrected chi connectivity index (χ1v) is 11.2. The molecule has 6 heteroatoms. The quantitative estimate of drug-likeness (QED) is 0.722. The van der Waals surface area contributed by atoms with Crippen LogP contribution in [-0.2, 0) is 16.1 Å². The van der Waals surface area contributed by atoms with Crippen LogP contribution >= 0.6 is 0 Å². The molecule has 0 saturated carbocycles. The van der Waals surface area contributed by atoms with E-state index in [1.807, 2.05) is 12.1 Å². The summed E-state index contributed by atoms with van der Waals surface area (Å²) in [7, 11) is 0. The van der Waals surface area contributed by atoms with Gasteiger partial charge in [0, 0.05) is 38.8 Å². The third-order valence-electron chi connectivity index (χ3n) is 6.46. The van der Waals surface area contributed by atoms with Crippen LogP contribution < -0.4 is 5.32 Å². The van der Waals surface area contributed by atoms with Crippen LogP contribution in [0.2, 0.25) is 0 Å². The summed E-state index contributed by atoms with van der Waals surface area (Å²) in [4.78, 5) is 17.9. The highest BCUT2D eigenvalue weighted by molar-refractivity contribution is 5.82. The van der Waals surface area contributed by atoms with Crippen molar-refractivity contribution in [1.29, 1.82) is 0 Å². The molecule has 1 N–H and O–H groups in total. The summed E-state index contributed by atoms with van der Waals surface area (Å²) in [5.41, 5.74) is 1.13. The number of hydrogen-bond donors (Lipinski definition) is 1. The van der Waals surface area contributed by atoms with Gasteiger partial charge in [-0.15, -0.1) is 0 Å². The molecule has 2 heterocycles. The maximum atomic E-state index is 13.2. The molecule has 2 fully saturated rings. The number of ether oxygens (including phenoxy) is 1. The molecule has 5 nitrogen and oxygen atoms in total. The SMILES string of the molecule is CCC(CC)[C@H](C(=O)NC1CCN(Cc2ccc(F)cc2)CC1)N1CCOCC1. The molecule has 29 heavy (non-hydrogen) atoms. The van der Waals surface area contributed by atoms with E-state index in [9.17, 15) is 9.18 Å². The number of halogens is 1. The van der Waals surface area contributed by atoms with Crippen LogP contribution in [0.5, 0.6) is 0 Å². The van der Waals surface area contributed by atoms with E-state index in [4.69, 9.17) is 4.74 Å². The third-order valence-corrected chi connectivity index (χ3v) is 6.46. The second kappa shape index (κ2) is 11.0. The molecule has 2 aliphatic rings. The molecule has 3 rings (SSSR count). The molecule has 1 atom stereocenters. The Bertz CT molecular complexity index is 622. The first-order chi connectivity index (χ1) is 14.1. The summed E-state index contributed by atoms with van der Waals surface area (Å²) in [6, 6.07) is 6.94. The Balaban J connectivity index is 1.51. The number of carbonyl (C=O) groups excluding carboxylic acids is 1. The summed E-state index contributed by atoms with van der Waals surface area (Å²) in [5, 5.41) is 3.36. The second-order valence-electron chi connectivity index (χ2n) is 8.36. The fourth-order valence-electron chi connectivity index (χ4n) is 4.64. The molecular weight excluding hydrogens is 369 g/mol. The Morgan fingerprint density at radius 3 is 2.31 bits per heavy atom. The van der Waals surface area contributed by atoms with Crippen LogP contribution in [0.25, 0.3) is 0 Å².